The highest BCUT2D eigenvalue weighted by Gasteiger charge is 2.17. The highest BCUT2D eigenvalue weighted by atomic mass is 32.2. The van der Waals surface area contributed by atoms with Crippen molar-refractivity contribution in [1.82, 2.24) is 4.31 Å². The van der Waals surface area contributed by atoms with Gasteiger partial charge in [0.2, 0.25) is 10.0 Å². The Morgan fingerprint density at radius 3 is 2.48 bits per heavy atom. The van der Waals surface area contributed by atoms with E-state index in [1.165, 1.54) is 33.7 Å². The molecule has 6 heteroatoms. The number of hydrogen-bond acceptors (Lipinski definition) is 4. The number of rotatable bonds is 5. The molecule has 0 spiro atoms. The second kappa shape index (κ2) is 6.17. The Hall–Kier alpha value is -1.37. The van der Waals surface area contributed by atoms with E-state index in [9.17, 15) is 8.42 Å². The molecule has 0 atom stereocenters. The van der Waals surface area contributed by atoms with Crippen molar-refractivity contribution in [2.75, 3.05) is 19.4 Å². The average molecular weight is 324 g/mol. The fourth-order valence-corrected chi connectivity index (χ4v) is 3.93. The Kier molecular flexibility index (Phi) is 4.70. The lowest BCUT2D eigenvalue weighted by molar-refractivity contribution is 0.521. The number of nitrogens with one attached hydrogen (secondary N) is 1. The molecule has 2 aromatic rings. The van der Waals surface area contributed by atoms with Gasteiger partial charge in [0.25, 0.3) is 0 Å². The summed E-state index contributed by atoms with van der Waals surface area (Å²) in [6, 6.07) is 9.07. The van der Waals surface area contributed by atoms with E-state index < -0.39 is 10.0 Å². The van der Waals surface area contributed by atoms with Gasteiger partial charge in [0, 0.05) is 36.1 Å². The van der Waals surface area contributed by atoms with Gasteiger partial charge in [0.1, 0.15) is 0 Å². The molecule has 0 bridgehead atoms. The molecule has 0 saturated carbocycles. The molecule has 0 radical (unpaired) electrons. The maximum absolute atomic E-state index is 12.1. The van der Waals surface area contributed by atoms with Crippen molar-refractivity contribution >= 4 is 27.0 Å². The van der Waals surface area contributed by atoms with Crippen LogP contribution in [0.1, 0.15) is 15.3 Å². The first-order valence-electron chi connectivity index (χ1n) is 6.63. The van der Waals surface area contributed by atoms with Crippen LogP contribution < -0.4 is 5.32 Å². The smallest absolute Gasteiger partial charge is 0.242 e. The molecular formula is C15H20N2O2S2. The fourth-order valence-electron chi connectivity index (χ4n) is 2.03. The van der Waals surface area contributed by atoms with Gasteiger partial charge in [-0.15, -0.1) is 11.3 Å². The van der Waals surface area contributed by atoms with Gasteiger partial charge in [0.15, 0.2) is 0 Å². The van der Waals surface area contributed by atoms with Gasteiger partial charge in [-0.2, -0.15) is 0 Å². The summed E-state index contributed by atoms with van der Waals surface area (Å²) in [6.45, 7) is 4.88. The van der Waals surface area contributed by atoms with Gasteiger partial charge in [-0.05, 0) is 43.7 Å². The first kappa shape index (κ1) is 16.0. The van der Waals surface area contributed by atoms with Crippen LogP contribution in [0.15, 0.2) is 35.2 Å². The lowest BCUT2D eigenvalue weighted by Gasteiger charge is -2.13. The van der Waals surface area contributed by atoms with Crippen molar-refractivity contribution in [3.63, 3.8) is 0 Å². The molecule has 1 heterocycles. The number of nitrogens with zero attached hydrogens (tertiary/aromatic N) is 1. The summed E-state index contributed by atoms with van der Waals surface area (Å²) < 4.78 is 25.5. The molecule has 0 fully saturated rings. The average Bonchev–Trinajstić information content (AvgIpc) is 2.75. The van der Waals surface area contributed by atoms with Gasteiger partial charge in [-0.3, -0.25) is 0 Å². The van der Waals surface area contributed by atoms with Crippen LogP contribution in [0.3, 0.4) is 0 Å². The third-order valence-corrected chi connectivity index (χ3v) is 6.06. The topological polar surface area (TPSA) is 49.4 Å². The molecule has 1 aromatic carbocycles. The molecule has 0 saturated heterocycles. The molecule has 4 nitrogen and oxygen atoms in total. The molecule has 0 aliphatic rings. The summed E-state index contributed by atoms with van der Waals surface area (Å²) in [5.74, 6) is 0. The van der Waals surface area contributed by atoms with Crippen LogP contribution in [0, 0.1) is 13.8 Å². The molecule has 2 rings (SSSR count). The predicted molar refractivity (Wildman–Crippen MR) is 88.4 cm³/mol. The Bertz CT molecular complexity index is 734. The van der Waals surface area contributed by atoms with Crippen LogP contribution in [0.5, 0.6) is 0 Å². The monoisotopic (exact) mass is 324 g/mol. The predicted octanol–water partition coefficient (Wildman–Crippen LogP) is 3.23. The number of benzene rings is 1. The molecule has 0 amide bonds. The van der Waals surface area contributed by atoms with Crippen LogP contribution in [0.2, 0.25) is 0 Å². The standard InChI is InChI=1S/C15H20N2O2S2/c1-11-8-13(12(2)20-11)10-16-14-6-5-7-15(9-14)21(18,19)17(3)4/h5-9,16H,10H2,1-4H3. The third kappa shape index (κ3) is 3.64. The summed E-state index contributed by atoms with van der Waals surface area (Å²) in [4.78, 5) is 2.88. The number of hydrogen-bond donors (Lipinski definition) is 1. The first-order valence-corrected chi connectivity index (χ1v) is 8.89. The minimum atomic E-state index is -3.39. The van der Waals surface area contributed by atoms with Gasteiger partial charge in [-0.25, -0.2) is 12.7 Å². The molecule has 114 valence electrons. The van der Waals surface area contributed by atoms with E-state index in [1.54, 1.807) is 29.5 Å². The van der Waals surface area contributed by atoms with E-state index >= 15 is 0 Å². The molecule has 0 aliphatic carbocycles. The number of anilines is 1. The van der Waals surface area contributed by atoms with Crippen molar-refractivity contribution in [3.05, 3.63) is 45.6 Å². The first-order chi connectivity index (χ1) is 9.80. The largest absolute Gasteiger partial charge is 0.381 e. The van der Waals surface area contributed by atoms with Crippen molar-refractivity contribution in [1.29, 1.82) is 0 Å². The summed E-state index contributed by atoms with van der Waals surface area (Å²) in [5.41, 5.74) is 2.06. The minimum Gasteiger partial charge on any atom is -0.381 e. The Labute approximate surface area is 130 Å². The fraction of sp³-hybridized carbons (Fsp3) is 0.333. The maximum Gasteiger partial charge on any atom is 0.242 e. The second-order valence-electron chi connectivity index (χ2n) is 5.11. The lowest BCUT2D eigenvalue weighted by atomic mass is 10.2. The molecule has 0 aliphatic heterocycles. The third-order valence-electron chi connectivity index (χ3n) is 3.24. The Morgan fingerprint density at radius 2 is 1.90 bits per heavy atom. The highest BCUT2D eigenvalue weighted by Crippen LogP contribution is 2.23. The zero-order chi connectivity index (χ0) is 15.6. The molecule has 1 aromatic heterocycles. The minimum absolute atomic E-state index is 0.302. The molecular weight excluding hydrogens is 304 g/mol. The van der Waals surface area contributed by atoms with E-state index in [1.807, 2.05) is 6.07 Å². The van der Waals surface area contributed by atoms with Crippen molar-refractivity contribution < 1.29 is 8.42 Å². The zero-order valence-corrected chi connectivity index (χ0v) is 14.3. The zero-order valence-electron chi connectivity index (χ0n) is 12.7. The van der Waals surface area contributed by atoms with E-state index in [4.69, 9.17) is 0 Å². The van der Waals surface area contributed by atoms with E-state index in [0.29, 0.717) is 11.4 Å². The van der Waals surface area contributed by atoms with Crippen molar-refractivity contribution in [2.24, 2.45) is 0 Å². The normalized spacial score (nSPS) is 11.9. The maximum atomic E-state index is 12.1. The van der Waals surface area contributed by atoms with Crippen molar-refractivity contribution in [2.45, 2.75) is 25.3 Å². The molecule has 1 N–H and O–H groups in total. The van der Waals surface area contributed by atoms with Gasteiger partial charge in [0.05, 0.1) is 4.90 Å². The molecule has 21 heavy (non-hydrogen) atoms. The van der Waals surface area contributed by atoms with Crippen LogP contribution in [-0.2, 0) is 16.6 Å². The van der Waals surface area contributed by atoms with E-state index in [-0.39, 0.29) is 0 Å². The van der Waals surface area contributed by atoms with Gasteiger partial charge < -0.3 is 5.32 Å². The van der Waals surface area contributed by atoms with E-state index in [0.717, 1.165) is 5.69 Å². The Balaban J connectivity index is 2.17. The second-order valence-corrected chi connectivity index (χ2v) is 8.72. The van der Waals surface area contributed by atoms with Gasteiger partial charge in [-0.1, -0.05) is 6.07 Å². The summed E-state index contributed by atoms with van der Waals surface area (Å²) in [6.07, 6.45) is 0. The summed E-state index contributed by atoms with van der Waals surface area (Å²) in [7, 11) is -0.322. The quantitative estimate of drug-likeness (QED) is 0.918. The van der Waals surface area contributed by atoms with Crippen LogP contribution >= 0.6 is 11.3 Å². The SMILES string of the molecule is Cc1cc(CNc2cccc(S(=O)(=O)N(C)C)c2)c(C)s1. The summed E-state index contributed by atoms with van der Waals surface area (Å²) >= 11 is 1.77. The van der Waals surface area contributed by atoms with E-state index in [2.05, 4.69) is 25.2 Å². The van der Waals surface area contributed by atoms with Crippen LogP contribution in [0.4, 0.5) is 5.69 Å². The number of aryl methyl sites for hydroxylation is 2. The summed E-state index contributed by atoms with van der Waals surface area (Å²) in [5, 5.41) is 3.29. The highest BCUT2D eigenvalue weighted by molar-refractivity contribution is 7.89. The van der Waals surface area contributed by atoms with Crippen molar-refractivity contribution in [3.8, 4) is 0 Å². The lowest BCUT2D eigenvalue weighted by Crippen LogP contribution is -2.22. The number of sulfonamides is 1. The number of thiophene rings is 1. The van der Waals surface area contributed by atoms with Gasteiger partial charge >= 0.3 is 0 Å². The molecule has 0 unspecified atom stereocenters. The van der Waals surface area contributed by atoms with Crippen LogP contribution in [-0.4, -0.2) is 26.8 Å². The Morgan fingerprint density at radius 1 is 1.19 bits per heavy atom. The van der Waals surface area contributed by atoms with Crippen LogP contribution in [0.25, 0.3) is 0 Å².